The minimum atomic E-state index is -3.19. The molecule has 0 unspecified atom stereocenters. The van der Waals surface area contributed by atoms with Gasteiger partial charge in [0.05, 0.1) is 17.5 Å². The van der Waals surface area contributed by atoms with Crippen LogP contribution in [-0.2, 0) is 25.8 Å². The summed E-state index contributed by atoms with van der Waals surface area (Å²) < 4.78 is 30.2. The van der Waals surface area contributed by atoms with Gasteiger partial charge < -0.3 is 19.9 Å². The van der Waals surface area contributed by atoms with E-state index in [1.807, 2.05) is 78.5 Å². The Morgan fingerprint density at radius 1 is 1.11 bits per heavy atom. The number of anilines is 2. The Morgan fingerprint density at radius 2 is 1.76 bits per heavy atom. The number of carbonyl (C=O) groups is 2. The van der Waals surface area contributed by atoms with E-state index in [0.717, 1.165) is 16.9 Å². The highest BCUT2D eigenvalue weighted by atomic mass is 32.2. The molecule has 0 radical (unpaired) electrons. The maximum atomic E-state index is 13.5. The summed E-state index contributed by atoms with van der Waals surface area (Å²) in [5, 5.41) is 2.89. The first-order valence-corrected chi connectivity index (χ1v) is 15.1. The zero-order valence-corrected chi connectivity index (χ0v) is 23.9. The van der Waals surface area contributed by atoms with Gasteiger partial charge in [-0.05, 0) is 50.6 Å². The van der Waals surface area contributed by atoms with E-state index < -0.39 is 33.5 Å². The van der Waals surface area contributed by atoms with Gasteiger partial charge in [0.2, 0.25) is 0 Å². The van der Waals surface area contributed by atoms with Gasteiger partial charge in [-0.2, -0.15) is 4.99 Å². The second kappa shape index (κ2) is 11.0. The van der Waals surface area contributed by atoms with Crippen molar-refractivity contribution in [3.8, 4) is 0 Å². The predicted molar refractivity (Wildman–Crippen MR) is 153 cm³/mol. The van der Waals surface area contributed by atoms with Crippen LogP contribution < -0.4 is 15.1 Å². The Bertz CT molecular complexity index is 1310. The summed E-state index contributed by atoms with van der Waals surface area (Å²) in [5.41, 5.74) is 1.89. The number of ether oxygens (including phenoxy) is 1. The van der Waals surface area contributed by atoms with Crippen molar-refractivity contribution in [2.75, 3.05) is 35.4 Å². The highest BCUT2D eigenvalue weighted by molar-refractivity contribution is 8.16. The zero-order chi connectivity index (χ0) is 27.7. The maximum absolute atomic E-state index is 13.5. The Morgan fingerprint density at radius 3 is 2.37 bits per heavy atom. The van der Waals surface area contributed by atoms with E-state index >= 15 is 0 Å². The molecule has 2 aliphatic heterocycles. The molecule has 1 N–H and O–H groups in total. The average Bonchev–Trinajstić information content (AvgIpc) is 3.28. The standard InChI is InChI=1S/C27H34N4O5S2/c1-27(2,3)36-26(33)28-21(15-18-9-7-6-8-10-18)24(32)29-25-31(20-13-11-19(12-14-20)30(4)5)22-16-38(34,35)17-23(22)37-25/h6-14,21-23H,15-17H2,1-5H3,(H,28,33)/t21-,22-,23+/m1/s1. The largest absolute Gasteiger partial charge is 0.444 e. The first kappa shape index (κ1) is 28.0. The molecular weight excluding hydrogens is 524 g/mol. The maximum Gasteiger partial charge on any atom is 0.408 e. The van der Waals surface area contributed by atoms with E-state index in [-0.39, 0.29) is 29.2 Å². The molecule has 11 heteroatoms. The Labute approximate surface area is 228 Å². The lowest BCUT2D eigenvalue weighted by Gasteiger charge is -2.26. The van der Waals surface area contributed by atoms with Crippen molar-refractivity contribution >= 4 is 50.1 Å². The van der Waals surface area contributed by atoms with Crippen molar-refractivity contribution in [1.29, 1.82) is 0 Å². The van der Waals surface area contributed by atoms with Crippen LogP contribution >= 0.6 is 11.8 Å². The number of rotatable bonds is 6. The third-order valence-corrected chi connectivity index (χ3v) is 9.40. The van der Waals surface area contributed by atoms with Gasteiger partial charge in [-0.25, -0.2) is 13.2 Å². The summed E-state index contributed by atoms with van der Waals surface area (Å²) in [6.07, 6.45) is -0.468. The number of amides is 2. The highest BCUT2D eigenvalue weighted by Crippen LogP contribution is 2.41. The topological polar surface area (TPSA) is 108 Å². The monoisotopic (exact) mass is 558 g/mol. The Balaban J connectivity index is 1.65. The summed E-state index contributed by atoms with van der Waals surface area (Å²) in [4.78, 5) is 34.4. The number of alkyl carbamates (subject to hydrolysis) is 1. The lowest BCUT2D eigenvalue weighted by molar-refractivity contribution is -0.119. The van der Waals surface area contributed by atoms with Crippen molar-refractivity contribution in [3.63, 3.8) is 0 Å². The van der Waals surface area contributed by atoms with Gasteiger partial charge >= 0.3 is 6.09 Å². The number of thioether (sulfide) groups is 1. The SMILES string of the molecule is CN(C)c1ccc(N2C(=NC(=O)[C@@H](Cc3ccccc3)NC(=O)OC(C)(C)C)S[C@H]3CS(=O)(=O)C[C@H]32)cc1. The molecule has 9 nitrogen and oxygen atoms in total. The molecular formula is C27H34N4O5S2. The van der Waals surface area contributed by atoms with E-state index in [2.05, 4.69) is 10.3 Å². The lowest BCUT2D eigenvalue weighted by atomic mass is 10.1. The van der Waals surface area contributed by atoms with Gasteiger partial charge in [0.25, 0.3) is 5.91 Å². The second-order valence-electron chi connectivity index (χ2n) is 10.7. The lowest BCUT2D eigenvalue weighted by Crippen LogP contribution is -2.45. The van der Waals surface area contributed by atoms with E-state index in [9.17, 15) is 18.0 Å². The number of sulfone groups is 1. The number of fused-ring (bicyclic) bond motifs is 1. The van der Waals surface area contributed by atoms with Gasteiger partial charge in [0.1, 0.15) is 11.6 Å². The molecule has 0 aliphatic carbocycles. The quantitative estimate of drug-likeness (QED) is 0.574. The van der Waals surface area contributed by atoms with Crippen molar-refractivity contribution in [2.45, 2.75) is 50.1 Å². The molecule has 2 amide bonds. The molecule has 0 bridgehead atoms. The molecule has 2 aromatic carbocycles. The molecule has 2 heterocycles. The zero-order valence-electron chi connectivity index (χ0n) is 22.2. The van der Waals surface area contributed by atoms with Crippen molar-refractivity contribution in [2.24, 2.45) is 4.99 Å². The highest BCUT2D eigenvalue weighted by Gasteiger charge is 2.49. The Hall–Kier alpha value is -3.05. The van der Waals surface area contributed by atoms with Crippen LogP contribution in [0.4, 0.5) is 16.2 Å². The van der Waals surface area contributed by atoms with Gasteiger partial charge in [-0.15, -0.1) is 0 Å². The summed E-state index contributed by atoms with van der Waals surface area (Å²) in [7, 11) is 0.687. The van der Waals surface area contributed by atoms with E-state index in [1.165, 1.54) is 11.8 Å². The van der Waals surface area contributed by atoms with Crippen LogP contribution in [0.5, 0.6) is 0 Å². The minimum Gasteiger partial charge on any atom is -0.444 e. The molecule has 2 aliphatic rings. The molecule has 204 valence electrons. The number of benzene rings is 2. The normalized spacial score (nSPS) is 22.1. The number of nitrogens with one attached hydrogen (secondary N) is 1. The van der Waals surface area contributed by atoms with Crippen LogP contribution in [0.1, 0.15) is 26.3 Å². The third-order valence-electron chi connectivity index (χ3n) is 6.19. The smallest absolute Gasteiger partial charge is 0.408 e. The molecule has 0 spiro atoms. The van der Waals surface area contributed by atoms with Gasteiger partial charge in [0, 0.05) is 37.1 Å². The van der Waals surface area contributed by atoms with E-state index in [0.29, 0.717) is 5.17 Å². The van der Waals surface area contributed by atoms with Crippen LogP contribution in [0, 0.1) is 0 Å². The first-order chi connectivity index (χ1) is 17.8. The molecule has 4 rings (SSSR count). The molecule has 0 aromatic heterocycles. The predicted octanol–water partition coefficient (Wildman–Crippen LogP) is 3.49. The molecule has 2 aromatic rings. The summed E-state index contributed by atoms with van der Waals surface area (Å²) in [5.74, 6) is -0.498. The summed E-state index contributed by atoms with van der Waals surface area (Å²) in [6.45, 7) is 5.26. The number of amidine groups is 1. The summed E-state index contributed by atoms with van der Waals surface area (Å²) >= 11 is 1.30. The number of carbonyl (C=O) groups excluding carboxylic acids is 2. The first-order valence-electron chi connectivity index (χ1n) is 12.4. The molecule has 0 saturated carbocycles. The van der Waals surface area contributed by atoms with Crippen LogP contribution in [0.2, 0.25) is 0 Å². The van der Waals surface area contributed by atoms with Crippen LogP contribution in [0.15, 0.2) is 59.6 Å². The van der Waals surface area contributed by atoms with Crippen LogP contribution in [-0.4, -0.2) is 74.1 Å². The fourth-order valence-corrected chi connectivity index (χ4v) is 8.37. The molecule has 2 fully saturated rings. The van der Waals surface area contributed by atoms with Gasteiger partial charge in [-0.1, -0.05) is 42.1 Å². The minimum absolute atomic E-state index is 0.00306. The number of nitrogens with zero attached hydrogens (tertiary/aromatic N) is 3. The fraction of sp³-hybridized carbons (Fsp3) is 0.444. The molecule has 3 atom stereocenters. The van der Waals surface area contributed by atoms with E-state index in [4.69, 9.17) is 4.74 Å². The van der Waals surface area contributed by atoms with Crippen LogP contribution in [0.25, 0.3) is 0 Å². The van der Waals surface area contributed by atoms with Crippen LogP contribution in [0.3, 0.4) is 0 Å². The van der Waals surface area contributed by atoms with Gasteiger partial charge in [0.15, 0.2) is 15.0 Å². The van der Waals surface area contributed by atoms with E-state index in [1.54, 1.807) is 20.8 Å². The molecule has 2 saturated heterocycles. The van der Waals surface area contributed by atoms with Crippen molar-refractivity contribution in [1.82, 2.24) is 5.32 Å². The second-order valence-corrected chi connectivity index (χ2v) is 14.1. The number of aliphatic imine (C=N–C) groups is 1. The third kappa shape index (κ3) is 6.87. The summed E-state index contributed by atoms with van der Waals surface area (Å²) in [6, 6.07) is 15.8. The molecule has 38 heavy (non-hydrogen) atoms. The van der Waals surface area contributed by atoms with Crippen molar-refractivity contribution < 1.29 is 22.7 Å². The Kier molecular flexibility index (Phi) is 8.08. The average molecular weight is 559 g/mol. The number of hydrogen-bond acceptors (Lipinski definition) is 7. The van der Waals surface area contributed by atoms with Crippen molar-refractivity contribution in [3.05, 3.63) is 60.2 Å². The van der Waals surface area contributed by atoms with Gasteiger partial charge in [-0.3, -0.25) is 4.79 Å². The fourth-order valence-electron chi connectivity index (χ4n) is 4.45. The number of hydrogen-bond donors (Lipinski definition) is 1.